The highest BCUT2D eigenvalue weighted by Crippen LogP contribution is 2.14. The summed E-state index contributed by atoms with van der Waals surface area (Å²) in [5.74, 6) is -1.24. The van der Waals surface area contributed by atoms with Crippen molar-refractivity contribution in [2.75, 3.05) is 6.61 Å². The van der Waals surface area contributed by atoms with Gasteiger partial charge in [-0.1, -0.05) is 0 Å². The predicted octanol–water partition coefficient (Wildman–Crippen LogP) is -1.42. The van der Waals surface area contributed by atoms with Crippen molar-refractivity contribution in [1.82, 2.24) is 0 Å². The van der Waals surface area contributed by atoms with Gasteiger partial charge < -0.3 is 20.1 Å². The lowest BCUT2D eigenvalue weighted by atomic mass is 10.0. The van der Waals surface area contributed by atoms with Gasteiger partial charge in [0.1, 0.15) is 6.10 Å². The van der Waals surface area contributed by atoms with Gasteiger partial charge in [-0.15, -0.1) is 0 Å². The minimum absolute atomic E-state index is 0.176. The van der Waals surface area contributed by atoms with Gasteiger partial charge in [0.15, 0.2) is 6.10 Å². The second-order valence-corrected chi connectivity index (χ2v) is 2.48. The molecular weight excluding hydrogens is 152 g/mol. The standard InChI is InChI=1S/C6H10O5/c7-3-1-2-11-5(4(3)8)6(9)10/h3-5,7-8H,1-2H2,(H,9,10)/t3?,4-,5?/m0/s1. The summed E-state index contributed by atoms with van der Waals surface area (Å²) in [6.45, 7) is 0.176. The Balaban J connectivity index is 2.58. The molecule has 0 saturated carbocycles. The van der Waals surface area contributed by atoms with Gasteiger partial charge in [-0.05, 0) is 6.42 Å². The van der Waals surface area contributed by atoms with E-state index in [0.29, 0.717) is 0 Å². The molecule has 1 aliphatic heterocycles. The van der Waals surface area contributed by atoms with Crippen LogP contribution >= 0.6 is 0 Å². The molecule has 1 heterocycles. The molecule has 1 saturated heterocycles. The van der Waals surface area contributed by atoms with Gasteiger partial charge in [0.05, 0.1) is 12.7 Å². The van der Waals surface area contributed by atoms with Crippen LogP contribution in [0, 0.1) is 0 Å². The first kappa shape index (κ1) is 8.45. The van der Waals surface area contributed by atoms with Crippen LogP contribution in [-0.2, 0) is 9.53 Å². The van der Waals surface area contributed by atoms with Crippen LogP contribution in [0.15, 0.2) is 0 Å². The van der Waals surface area contributed by atoms with Crippen molar-refractivity contribution in [1.29, 1.82) is 0 Å². The summed E-state index contributed by atoms with van der Waals surface area (Å²) in [4.78, 5) is 10.3. The Bertz CT molecular complexity index is 157. The highest BCUT2D eigenvalue weighted by atomic mass is 16.5. The minimum Gasteiger partial charge on any atom is -0.479 e. The molecule has 0 aromatic rings. The zero-order valence-corrected chi connectivity index (χ0v) is 5.80. The lowest BCUT2D eigenvalue weighted by molar-refractivity contribution is -0.177. The van der Waals surface area contributed by atoms with Crippen LogP contribution in [0.1, 0.15) is 6.42 Å². The van der Waals surface area contributed by atoms with Crippen LogP contribution in [-0.4, -0.2) is 46.2 Å². The highest BCUT2D eigenvalue weighted by molar-refractivity contribution is 5.73. The number of aliphatic hydroxyl groups is 2. The Morgan fingerprint density at radius 3 is 2.55 bits per heavy atom. The number of carboxylic acids is 1. The van der Waals surface area contributed by atoms with E-state index >= 15 is 0 Å². The largest absolute Gasteiger partial charge is 0.479 e. The van der Waals surface area contributed by atoms with Crippen molar-refractivity contribution in [2.24, 2.45) is 0 Å². The van der Waals surface area contributed by atoms with E-state index in [2.05, 4.69) is 0 Å². The molecule has 0 aromatic carbocycles. The van der Waals surface area contributed by atoms with E-state index in [1.54, 1.807) is 0 Å². The molecule has 1 aliphatic rings. The first-order valence-electron chi connectivity index (χ1n) is 3.33. The normalized spacial score (nSPS) is 38.5. The average molecular weight is 162 g/mol. The fraction of sp³-hybridized carbons (Fsp3) is 0.833. The number of hydrogen-bond acceptors (Lipinski definition) is 4. The second-order valence-electron chi connectivity index (χ2n) is 2.48. The smallest absolute Gasteiger partial charge is 0.335 e. The van der Waals surface area contributed by atoms with Gasteiger partial charge in [0, 0.05) is 0 Å². The van der Waals surface area contributed by atoms with Crippen LogP contribution in [0.4, 0.5) is 0 Å². The van der Waals surface area contributed by atoms with Gasteiger partial charge in [-0.3, -0.25) is 0 Å². The number of carbonyl (C=O) groups is 1. The van der Waals surface area contributed by atoms with Crippen molar-refractivity contribution in [3.8, 4) is 0 Å². The number of hydrogen-bond donors (Lipinski definition) is 3. The van der Waals surface area contributed by atoms with Crippen LogP contribution in [0.5, 0.6) is 0 Å². The zero-order valence-electron chi connectivity index (χ0n) is 5.80. The highest BCUT2D eigenvalue weighted by Gasteiger charge is 2.36. The molecule has 1 fully saturated rings. The van der Waals surface area contributed by atoms with E-state index in [-0.39, 0.29) is 13.0 Å². The molecule has 0 aromatic heterocycles. The first-order valence-corrected chi connectivity index (χ1v) is 3.33. The second kappa shape index (κ2) is 3.17. The Hall–Kier alpha value is -0.650. The third kappa shape index (κ3) is 1.68. The van der Waals surface area contributed by atoms with E-state index in [9.17, 15) is 4.79 Å². The van der Waals surface area contributed by atoms with Gasteiger partial charge >= 0.3 is 5.97 Å². The van der Waals surface area contributed by atoms with E-state index in [4.69, 9.17) is 20.1 Å². The SMILES string of the molecule is O=C(O)C1OCCC(O)[C@@H]1O. The summed E-state index contributed by atoms with van der Waals surface area (Å²) in [7, 11) is 0. The van der Waals surface area contributed by atoms with Gasteiger partial charge in [-0.2, -0.15) is 0 Å². The molecule has 0 bridgehead atoms. The molecule has 0 amide bonds. The fourth-order valence-corrected chi connectivity index (χ4v) is 1.00. The number of carboxylic acid groups (broad SMARTS) is 1. The molecule has 5 heteroatoms. The molecule has 1 rings (SSSR count). The molecule has 0 radical (unpaired) electrons. The number of rotatable bonds is 1. The quantitative estimate of drug-likeness (QED) is 0.440. The van der Waals surface area contributed by atoms with Crippen LogP contribution in [0.25, 0.3) is 0 Å². The van der Waals surface area contributed by atoms with Crippen molar-refractivity contribution >= 4 is 5.97 Å². The number of ether oxygens (including phenoxy) is 1. The van der Waals surface area contributed by atoms with Gasteiger partial charge in [0.2, 0.25) is 0 Å². The van der Waals surface area contributed by atoms with E-state index in [1.165, 1.54) is 0 Å². The van der Waals surface area contributed by atoms with Crippen molar-refractivity contribution < 1.29 is 24.9 Å². The average Bonchev–Trinajstić information content (AvgIpc) is 1.94. The van der Waals surface area contributed by atoms with Crippen molar-refractivity contribution in [3.05, 3.63) is 0 Å². The summed E-state index contributed by atoms with van der Waals surface area (Å²) in [6, 6.07) is 0. The molecule has 64 valence electrons. The van der Waals surface area contributed by atoms with E-state index in [0.717, 1.165) is 0 Å². The van der Waals surface area contributed by atoms with Gasteiger partial charge in [-0.25, -0.2) is 4.79 Å². The van der Waals surface area contributed by atoms with Crippen molar-refractivity contribution in [2.45, 2.75) is 24.7 Å². The summed E-state index contributed by atoms with van der Waals surface area (Å²) < 4.78 is 4.71. The maximum absolute atomic E-state index is 10.3. The van der Waals surface area contributed by atoms with Crippen molar-refractivity contribution in [3.63, 3.8) is 0 Å². The number of aliphatic hydroxyl groups excluding tert-OH is 2. The predicted molar refractivity (Wildman–Crippen MR) is 34.0 cm³/mol. The molecule has 11 heavy (non-hydrogen) atoms. The summed E-state index contributed by atoms with van der Waals surface area (Å²) >= 11 is 0. The molecule has 5 nitrogen and oxygen atoms in total. The van der Waals surface area contributed by atoms with Crippen LogP contribution in [0.2, 0.25) is 0 Å². The molecule has 2 unspecified atom stereocenters. The number of aliphatic carboxylic acids is 1. The Labute approximate surface area is 63.2 Å². The Morgan fingerprint density at radius 1 is 1.45 bits per heavy atom. The maximum atomic E-state index is 10.3. The molecule has 0 spiro atoms. The van der Waals surface area contributed by atoms with E-state index in [1.807, 2.05) is 0 Å². The lowest BCUT2D eigenvalue weighted by Gasteiger charge is -2.28. The third-order valence-corrected chi connectivity index (χ3v) is 1.66. The fourth-order valence-electron chi connectivity index (χ4n) is 1.00. The third-order valence-electron chi connectivity index (χ3n) is 1.66. The summed E-state index contributed by atoms with van der Waals surface area (Å²) in [5, 5.41) is 26.5. The van der Waals surface area contributed by atoms with Crippen LogP contribution < -0.4 is 0 Å². The Kier molecular flexibility index (Phi) is 2.43. The van der Waals surface area contributed by atoms with Gasteiger partial charge in [0.25, 0.3) is 0 Å². The first-order chi connectivity index (χ1) is 5.13. The Morgan fingerprint density at radius 2 is 2.09 bits per heavy atom. The minimum atomic E-state index is -1.30. The molecule has 3 atom stereocenters. The maximum Gasteiger partial charge on any atom is 0.335 e. The molecule has 3 N–H and O–H groups in total. The topological polar surface area (TPSA) is 87.0 Å². The monoisotopic (exact) mass is 162 g/mol. The zero-order chi connectivity index (χ0) is 8.43. The molecular formula is C6H10O5. The van der Waals surface area contributed by atoms with E-state index < -0.39 is 24.3 Å². The summed E-state index contributed by atoms with van der Waals surface area (Å²) in [6.07, 6.45) is -3.28. The molecule has 0 aliphatic carbocycles. The lowest BCUT2D eigenvalue weighted by Crippen LogP contribution is -2.48. The summed E-state index contributed by atoms with van der Waals surface area (Å²) in [5.41, 5.74) is 0. The van der Waals surface area contributed by atoms with Crippen LogP contribution in [0.3, 0.4) is 0 Å².